The second kappa shape index (κ2) is 39.7. The van der Waals surface area contributed by atoms with E-state index in [1.807, 2.05) is 0 Å². The van der Waals surface area contributed by atoms with Crippen molar-refractivity contribution in [1.82, 2.24) is 15.1 Å². The molecule has 0 radical (unpaired) electrons. The molecular weight excluding hydrogens is 603 g/mol. The highest BCUT2D eigenvalue weighted by atomic mass is 16.2. The third kappa shape index (κ3) is 36.5. The molecule has 0 aromatic carbocycles. The fourth-order valence-electron chi connectivity index (χ4n) is 6.93. The normalized spacial score (nSPS) is 11.4. The molecule has 0 rings (SSSR count). The molecule has 5 heteroatoms. The Morgan fingerprint density at radius 1 is 0.388 bits per heavy atom. The van der Waals surface area contributed by atoms with Crippen LogP contribution in [0.3, 0.4) is 0 Å². The van der Waals surface area contributed by atoms with Crippen LogP contribution in [0.25, 0.3) is 0 Å². The van der Waals surface area contributed by atoms with Crippen molar-refractivity contribution in [3.63, 3.8) is 0 Å². The summed E-state index contributed by atoms with van der Waals surface area (Å²) in [6.07, 6.45) is 40.9. The monoisotopic (exact) mass is 692 g/mol. The predicted molar refractivity (Wildman–Crippen MR) is 216 cm³/mol. The molecule has 2 amide bonds. The summed E-state index contributed by atoms with van der Waals surface area (Å²) in [5, 5.41) is 3.09. The number of carbonyl (C=O) groups excluding carboxylic acids is 2. The molecule has 0 heterocycles. The number of nitrogens with one attached hydrogen (secondary N) is 1. The lowest BCUT2D eigenvalue weighted by molar-refractivity contribution is -0.131. The lowest BCUT2D eigenvalue weighted by Crippen LogP contribution is -2.32. The first-order chi connectivity index (χ1) is 24.0. The quantitative estimate of drug-likeness (QED) is 0.0651. The standard InChI is InChI=1S/C44H89N3O2/c1-5-8-11-14-16-18-27-34-41-47(42-35-28-19-17-15-12-9-6-2)44(49)37-30-23-21-26-33-40-46(4)39-32-25-20-22-29-36-43(48)45-38-31-24-13-10-7-3/h5-42H2,1-4H3,(H,45,48). The van der Waals surface area contributed by atoms with Crippen LogP contribution in [0.5, 0.6) is 0 Å². The van der Waals surface area contributed by atoms with Crippen LogP contribution in [-0.2, 0) is 9.59 Å². The van der Waals surface area contributed by atoms with E-state index >= 15 is 0 Å². The van der Waals surface area contributed by atoms with Crippen LogP contribution in [0.1, 0.15) is 233 Å². The van der Waals surface area contributed by atoms with Gasteiger partial charge in [-0.1, -0.05) is 175 Å². The van der Waals surface area contributed by atoms with Crippen molar-refractivity contribution in [2.24, 2.45) is 0 Å². The lowest BCUT2D eigenvalue weighted by Gasteiger charge is -2.23. The van der Waals surface area contributed by atoms with Crippen LogP contribution in [0.4, 0.5) is 0 Å². The summed E-state index contributed by atoms with van der Waals surface area (Å²) in [6, 6.07) is 0. The van der Waals surface area contributed by atoms with E-state index in [1.54, 1.807) is 0 Å². The van der Waals surface area contributed by atoms with Crippen LogP contribution in [0, 0.1) is 0 Å². The maximum Gasteiger partial charge on any atom is 0.222 e. The van der Waals surface area contributed by atoms with Crippen LogP contribution < -0.4 is 5.32 Å². The number of rotatable bonds is 40. The van der Waals surface area contributed by atoms with Gasteiger partial charge in [-0.2, -0.15) is 0 Å². The van der Waals surface area contributed by atoms with Gasteiger partial charge in [0.15, 0.2) is 0 Å². The third-order valence-corrected chi connectivity index (χ3v) is 10.4. The van der Waals surface area contributed by atoms with Gasteiger partial charge in [0.2, 0.25) is 11.8 Å². The number of hydrogen-bond acceptors (Lipinski definition) is 3. The minimum absolute atomic E-state index is 0.243. The van der Waals surface area contributed by atoms with Gasteiger partial charge < -0.3 is 15.1 Å². The molecule has 0 fully saturated rings. The minimum Gasteiger partial charge on any atom is -0.356 e. The second-order valence-electron chi connectivity index (χ2n) is 15.4. The molecule has 0 spiro atoms. The molecule has 0 saturated carbocycles. The minimum atomic E-state index is 0.243. The molecule has 0 bridgehead atoms. The number of hydrogen-bond donors (Lipinski definition) is 1. The number of carbonyl (C=O) groups is 2. The molecule has 0 aromatic rings. The summed E-state index contributed by atoms with van der Waals surface area (Å²) in [5.41, 5.74) is 0. The molecule has 292 valence electrons. The van der Waals surface area contributed by atoms with E-state index < -0.39 is 0 Å². The van der Waals surface area contributed by atoms with Gasteiger partial charge in [-0.3, -0.25) is 9.59 Å². The Kier molecular flexibility index (Phi) is 38.8. The zero-order chi connectivity index (χ0) is 35.9. The Balaban J connectivity index is 3.91. The van der Waals surface area contributed by atoms with Gasteiger partial charge in [-0.15, -0.1) is 0 Å². The van der Waals surface area contributed by atoms with Crippen molar-refractivity contribution >= 4 is 11.8 Å². The van der Waals surface area contributed by atoms with Crippen molar-refractivity contribution in [3.05, 3.63) is 0 Å². The van der Waals surface area contributed by atoms with E-state index in [4.69, 9.17) is 0 Å². The SMILES string of the molecule is CCCCCCCCCCN(CCCCCCCCCC)C(=O)CCCCCCCN(C)CCCCCCCC(=O)NCCCCCCC. The van der Waals surface area contributed by atoms with Gasteiger partial charge in [-0.05, 0) is 65.1 Å². The number of amides is 2. The topological polar surface area (TPSA) is 52.7 Å². The maximum atomic E-state index is 13.2. The van der Waals surface area contributed by atoms with E-state index in [9.17, 15) is 9.59 Å². The second-order valence-corrected chi connectivity index (χ2v) is 15.4. The molecule has 0 aliphatic heterocycles. The summed E-state index contributed by atoms with van der Waals surface area (Å²) in [4.78, 5) is 29.9. The molecule has 0 atom stereocenters. The van der Waals surface area contributed by atoms with Crippen LogP contribution >= 0.6 is 0 Å². The Bertz CT molecular complexity index is 665. The van der Waals surface area contributed by atoms with Gasteiger partial charge in [-0.25, -0.2) is 0 Å². The Morgan fingerprint density at radius 2 is 0.714 bits per heavy atom. The predicted octanol–water partition coefficient (Wildman–Crippen LogP) is 12.8. The Labute approximate surface area is 308 Å². The van der Waals surface area contributed by atoms with E-state index in [-0.39, 0.29) is 5.91 Å². The summed E-state index contributed by atoms with van der Waals surface area (Å²) in [6.45, 7) is 12.0. The molecule has 1 N–H and O–H groups in total. The van der Waals surface area contributed by atoms with Crippen LogP contribution in [-0.4, -0.2) is 61.4 Å². The molecule has 0 aliphatic rings. The van der Waals surface area contributed by atoms with Crippen molar-refractivity contribution < 1.29 is 9.59 Å². The van der Waals surface area contributed by atoms with Crippen LogP contribution in [0.2, 0.25) is 0 Å². The third-order valence-electron chi connectivity index (χ3n) is 10.4. The molecular formula is C44H89N3O2. The van der Waals surface area contributed by atoms with E-state index in [2.05, 4.69) is 42.9 Å². The Morgan fingerprint density at radius 3 is 1.14 bits per heavy atom. The lowest BCUT2D eigenvalue weighted by atomic mass is 10.1. The number of nitrogens with zero attached hydrogens (tertiary/aromatic N) is 2. The van der Waals surface area contributed by atoms with Crippen molar-refractivity contribution in [3.8, 4) is 0 Å². The molecule has 0 unspecified atom stereocenters. The van der Waals surface area contributed by atoms with E-state index in [0.717, 1.165) is 45.3 Å². The fourth-order valence-corrected chi connectivity index (χ4v) is 6.93. The average Bonchev–Trinajstić information content (AvgIpc) is 3.10. The molecule has 5 nitrogen and oxygen atoms in total. The first-order valence-corrected chi connectivity index (χ1v) is 22.3. The van der Waals surface area contributed by atoms with Gasteiger partial charge >= 0.3 is 0 Å². The fraction of sp³-hybridized carbons (Fsp3) is 0.955. The van der Waals surface area contributed by atoms with Gasteiger partial charge in [0, 0.05) is 32.5 Å². The maximum absolute atomic E-state index is 13.2. The van der Waals surface area contributed by atoms with E-state index in [1.165, 1.54) is 193 Å². The van der Waals surface area contributed by atoms with Crippen molar-refractivity contribution in [2.75, 3.05) is 39.8 Å². The summed E-state index contributed by atoms with van der Waals surface area (Å²) < 4.78 is 0. The summed E-state index contributed by atoms with van der Waals surface area (Å²) >= 11 is 0. The zero-order valence-electron chi connectivity index (χ0n) is 34.1. The number of unbranched alkanes of at least 4 members (excludes halogenated alkanes) is 26. The largest absolute Gasteiger partial charge is 0.356 e. The van der Waals surface area contributed by atoms with Crippen molar-refractivity contribution in [2.45, 2.75) is 233 Å². The van der Waals surface area contributed by atoms with Crippen molar-refractivity contribution in [1.29, 1.82) is 0 Å². The highest BCUT2D eigenvalue weighted by molar-refractivity contribution is 5.76. The van der Waals surface area contributed by atoms with Gasteiger partial charge in [0.05, 0.1) is 0 Å². The van der Waals surface area contributed by atoms with E-state index in [0.29, 0.717) is 12.3 Å². The first kappa shape index (κ1) is 47.9. The molecule has 49 heavy (non-hydrogen) atoms. The highest BCUT2D eigenvalue weighted by Gasteiger charge is 2.13. The Hall–Kier alpha value is -1.10. The first-order valence-electron chi connectivity index (χ1n) is 22.3. The summed E-state index contributed by atoms with van der Waals surface area (Å²) in [5.74, 6) is 0.661. The zero-order valence-corrected chi connectivity index (χ0v) is 34.1. The highest BCUT2D eigenvalue weighted by Crippen LogP contribution is 2.14. The molecule has 0 saturated heterocycles. The molecule has 0 aliphatic carbocycles. The van der Waals surface area contributed by atoms with Gasteiger partial charge in [0.25, 0.3) is 0 Å². The summed E-state index contributed by atoms with van der Waals surface area (Å²) in [7, 11) is 2.26. The van der Waals surface area contributed by atoms with Gasteiger partial charge in [0.1, 0.15) is 0 Å². The van der Waals surface area contributed by atoms with Crippen LogP contribution in [0.15, 0.2) is 0 Å². The average molecular weight is 692 g/mol. The molecule has 0 aromatic heterocycles. The smallest absolute Gasteiger partial charge is 0.222 e.